The van der Waals surface area contributed by atoms with E-state index in [0.29, 0.717) is 30.6 Å². The van der Waals surface area contributed by atoms with Crippen molar-refractivity contribution in [2.75, 3.05) is 19.8 Å². The fourth-order valence-corrected chi connectivity index (χ4v) is 3.52. The molecule has 1 amide bonds. The van der Waals surface area contributed by atoms with Crippen molar-refractivity contribution < 1.29 is 18.7 Å². The Morgan fingerprint density at radius 1 is 1.25 bits per heavy atom. The lowest BCUT2D eigenvalue weighted by Gasteiger charge is -2.37. The second kappa shape index (κ2) is 6.03. The normalized spacial score (nSPS) is 26.8. The first-order chi connectivity index (χ1) is 11.7. The van der Waals surface area contributed by atoms with Crippen molar-refractivity contribution in [1.29, 1.82) is 0 Å². The first kappa shape index (κ1) is 15.4. The topological polar surface area (TPSA) is 77.8 Å². The maximum absolute atomic E-state index is 12.5. The van der Waals surface area contributed by atoms with Gasteiger partial charge >= 0.3 is 5.63 Å². The van der Waals surface area contributed by atoms with Gasteiger partial charge in [-0.3, -0.25) is 4.79 Å². The van der Waals surface area contributed by atoms with Crippen molar-refractivity contribution >= 4 is 16.7 Å². The largest absolute Gasteiger partial charge is 0.417 e. The molecule has 0 saturated carbocycles. The van der Waals surface area contributed by atoms with E-state index in [2.05, 4.69) is 5.32 Å². The predicted octanol–water partition coefficient (Wildman–Crippen LogP) is 1.86. The van der Waals surface area contributed by atoms with Gasteiger partial charge in [0.2, 0.25) is 0 Å². The lowest BCUT2D eigenvalue weighted by Crippen LogP contribution is -2.49. The van der Waals surface area contributed by atoms with Crippen molar-refractivity contribution in [3.8, 4) is 0 Å². The van der Waals surface area contributed by atoms with Crippen LogP contribution in [0.25, 0.3) is 10.8 Å². The van der Waals surface area contributed by atoms with Crippen LogP contribution in [0.2, 0.25) is 0 Å². The maximum Gasteiger partial charge on any atom is 0.344 e. The molecule has 3 heterocycles. The third-order valence-electron chi connectivity index (χ3n) is 4.79. The maximum atomic E-state index is 12.5. The van der Waals surface area contributed by atoms with Gasteiger partial charge in [0, 0.05) is 25.7 Å². The fraction of sp³-hybridized carbons (Fsp3) is 0.444. The van der Waals surface area contributed by atoms with Crippen LogP contribution in [0.4, 0.5) is 0 Å². The highest BCUT2D eigenvalue weighted by atomic mass is 16.6. The number of benzene rings is 1. The Bertz CT molecular complexity index is 822. The van der Waals surface area contributed by atoms with Crippen molar-refractivity contribution in [3.63, 3.8) is 0 Å². The summed E-state index contributed by atoms with van der Waals surface area (Å²) in [5, 5.41) is 4.15. The van der Waals surface area contributed by atoms with E-state index in [1.807, 2.05) is 6.07 Å². The predicted molar refractivity (Wildman–Crippen MR) is 87.1 cm³/mol. The van der Waals surface area contributed by atoms with Gasteiger partial charge in [-0.05, 0) is 30.4 Å². The number of ether oxygens (including phenoxy) is 2. The molecule has 2 fully saturated rings. The molecule has 6 heteroatoms. The van der Waals surface area contributed by atoms with E-state index in [-0.39, 0.29) is 23.3 Å². The minimum absolute atomic E-state index is 0.00952. The lowest BCUT2D eigenvalue weighted by molar-refractivity contribution is -0.0881. The van der Waals surface area contributed by atoms with Crippen molar-refractivity contribution in [1.82, 2.24) is 5.32 Å². The van der Waals surface area contributed by atoms with E-state index in [9.17, 15) is 9.59 Å². The molecule has 1 aromatic carbocycles. The van der Waals surface area contributed by atoms with Gasteiger partial charge in [0.15, 0.2) is 5.76 Å². The van der Waals surface area contributed by atoms with Crippen molar-refractivity contribution in [3.05, 3.63) is 46.5 Å². The van der Waals surface area contributed by atoms with Crippen LogP contribution in [0.1, 0.15) is 29.8 Å². The number of amides is 1. The van der Waals surface area contributed by atoms with Crippen LogP contribution in [0.3, 0.4) is 0 Å². The second-order valence-corrected chi connectivity index (χ2v) is 6.48. The molecule has 126 valence electrons. The molecular weight excluding hydrogens is 310 g/mol. The SMILES string of the molecule is O=C(NC1CCOC2(CCOC2)C1)c1cc2ccccc2c(=O)o1. The van der Waals surface area contributed by atoms with E-state index >= 15 is 0 Å². The number of carbonyl (C=O) groups is 1. The van der Waals surface area contributed by atoms with Crippen molar-refractivity contribution in [2.45, 2.75) is 30.9 Å². The summed E-state index contributed by atoms with van der Waals surface area (Å²) in [7, 11) is 0. The standard InChI is InChI=1S/C18H19NO5/c20-16(15-9-12-3-1-2-4-14(12)17(21)24-15)19-13-5-7-23-18(10-13)6-8-22-11-18/h1-4,9,13H,5-8,10-11H2,(H,19,20). The number of rotatable bonds is 2. The third kappa shape index (κ3) is 2.83. The molecule has 6 nitrogen and oxygen atoms in total. The fourth-order valence-electron chi connectivity index (χ4n) is 3.52. The average Bonchev–Trinajstić information content (AvgIpc) is 3.02. The van der Waals surface area contributed by atoms with E-state index in [1.165, 1.54) is 0 Å². The molecule has 0 radical (unpaired) electrons. The van der Waals surface area contributed by atoms with E-state index in [0.717, 1.165) is 19.3 Å². The number of hydrogen-bond donors (Lipinski definition) is 1. The van der Waals surface area contributed by atoms with Crippen LogP contribution in [0.5, 0.6) is 0 Å². The lowest BCUT2D eigenvalue weighted by atomic mass is 9.89. The molecule has 2 aliphatic rings. The molecule has 2 aliphatic heterocycles. The van der Waals surface area contributed by atoms with Gasteiger partial charge in [-0.1, -0.05) is 18.2 Å². The Labute approximate surface area is 138 Å². The zero-order valence-electron chi connectivity index (χ0n) is 13.2. The van der Waals surface area contributed by atoms with Gasteiger partial charge in [0.1, 0.15) is 0 Å². The van der Waals surface area contributed by atoms with Gasteiger partial charge in [0.05, 0.1) is 17.6 Å². The van der Waals surface area contributed by atoms with Crippen molar-refractivity contribution in [2.24, 2.45) is 0 Å². The molecular formula is C18H19NO5. The molecule has 0 aliphatic carbocycles. The molecule has 1 spiro atoms. The highest BCUT2D eigenvalue weighted by Gasteiger charge is 2.41. The molecule has 2 unspecified atom stereocenters. The number of carbonyl (C=O) groups excluding carboxylic acids is 1. The Balaban J connectivity index is 1.53. The molecule has 2 saturated heterocycles. The van der Waals surface area contributed by atoms with Gasteiger partial charge in [-0.2, -0.15) is 0 Å². The molecule has 4 rings (SSSR count). The van der Waals surface area contributed by atoms with E-state index < -0.39 is 5.63 Å². The highest BCUT2D eigenvalue weighted by Crippen LogP contribution is 2.32. The molecule has 2 aromatic rings. The summed E-state index contributed by atoms with van der Waals surface area (Å²) < 4.78 is 16.5. The monoisotopic (exact) mass is 329 g/mol. The minimum Gasteiger partial charge on any atom is -0.417 e. The minimum atomic E-state index is -0.495. The third-order valence-corrected chi connectivity index (χ3v) is 4.79. The molecule has 1 N–H and O–H groups in total. The zero-order valence-corrected chi connectivity index (χ0v) is 13.2. The second-order valence-electron chi connectivity index (χ2n) is 6.48. The van der Waals surface area contributed by atoms with Crippen LogP contribution in [-0.2, 0) is 9.47 Å². The smallest absolute Gasteiger partial charge is 0.344 e. The Kier molecular flexibility index (Phi) is 3.86. The Hall–Kier alpha value is -2.18. The van der Waals surface area contributed by atoms with Gasteiger partial charge < -0.3 is 19.2 Å². The van der Waals surface area contributed by atoms with Crippen LogP contribution in [-0.4, -0.2) is 37.4 Å². The number of nitrogens with one attached hydrogen (secondary N) is 1. The highest BCUT2D eigenvalue weighted by molar-refractivity contribution is 5.95. The summed E-state index contributed by atoms with van der Waals surface area (Å²) in [6, 6.07) is 8.67. The summed E-state index contributed by atoms with van der Waals surface area (Å²) in [5.41, 5.74) is -0.772. The quantitative estimate of drug-likeness (QED) is 0.910. The summed E-state index contributed by atoms with van der Waals surface area (Å²) in [4.78, 5) is 24.5. The van der Waals surface area contributed by atoms with Crippen LogP contribution < -0.4 is 10.9 Å². The summed E-state index contributed by atoms with van der Waals surface area (Å²) in [5.74, 6) is -0.319. The molecule has 1 aromatic heterocycles. The summed E-state index contributed by atoms with van der Waals surface area (Å²) in [6.45, 7) is 1.86. The van der Waals surface area contributed by atoms with Crippen LogP contribution >= 0.6 is 0 Å². The summed E-state index contributed by atoms with van der Waals surface area (Å²) >= 11 is 0. The first-order valence-corrected chi connectivity index (χ1v) is 8.21. The van der Waals surface area contributed by atoms with E-state index in [4.69, 9.17) is 13.9 Å². The number of hydrogen-bond acceptors (Lipinski definition) is 5. The van der Waals surface area contributed by atoms with E-state index in [1.54, 1.807) is 24.3 Å². The molecule has 2 atom stereocenters. The zero-order chi connectivity index (χ0) is 16.6. The number of fused-ring (bicyclic) bond motifs is 1. The van der Waals surface area contributed by atoms with Crippen LogP contribution in [0.15, 0.2) is 39.5 Å². The molecule has 24 heavy (non-hydrogen) atoms. The van der Waals surface area contributed by atoms with Gasteiger partial charge in [-0.25, -0.2) is 4.79 Å². The first-order valence-electron chi connectivity index (χ1n) is 8.21. The van der Waals surface area contributed by atoms with Crippen LogP contribution in [0, 0.1) is 0 Å². The average molecular weight is 329 g/mol. The van der Waals surface area contributed by atoms with Gasteiger partial charge in [-0.15, -0.1) is 0 Å². The Morgan fingerprint density at radius 2 is 2.12 bits per heavy atom. The van der Waals surface area contributed by atoms with Gasteiger partial charge in [0.25, 0.3) is 5.91 Å². The Morgan fingerprint density at radius 3 is 2.96 bits per heavy atom. The summed E-state index contributed by atoms with van der Waals surface area (Å²) in [6.07, 6.45) is 2.31. The molecule has 0 bridgehead atoms.